The molecule has 0 fully saturated rings. The quantitative estimate of drug-likeness (QED) is 0.668. The van der Waals surface area contributed by atoms with Crippen LogP contribution in [-0.4, -0.2) is 32.6 Å². The standard InChI is InChI=1S/C15H19BrO5/c1-4-21-13(18)8-6-11(17)9-10-5-7-12(19-2)14(16)15(10)20-3/h5,7H,4,6,8-9H2,1-3H3. The second kappa shape index (κ2) is 8.67. The summed E-state index contributed by atoms with van der Waals surface area (Å²) in [5.74, 6) is 0.806. The van der Waals surface area contributed by atoms with Gasteiger partial charge in [0.1, 0.15) is 21.8 Å². The molecule has 0 amide bonds. The van der Waals surface area contributed by atoms with Crippen LogP contribution >= 0.6 is 15.9 Å². The molecule has 0 aliphatic heterocycles. The highest BCUT2D eigenvalue weighted by molar-refractivity contribution is 9.10. The number of ketones is 1. The monoisotopic (exact) mass is 358 g/mol. The van der Waals surface area contributed by atoms with Crippen molar-refractivity contribution in [3.63, 3.8) is 0 Å². The molecule has 0 N–H and O–H groups in total. The second-order valence-electron chi connectivity index (χ2n) is 4.29. The average molecular weight is 359 g/mol. The molecule has 0 unspecified atom stereocenters. The van der Waals surface area contributed by atoms with Gasteiger partial charge in [-0.15, -0.1) is 0 Å². The SMILES string of the molecule is CCOC(=O)CCC(=O)Cc1ccc(OC)c(Br)c1OC. The summed E-state index contributed by atoms with van der Waals surface area (Å²) in [6, 6.07) is 3.55. The largest absolute Gasteiger partial charge is 0.495 e. The van der Waals surface area contributed by atoms with Gasteiger partial charge in [0.2, 0.25) is 0 Å². The van der Waals surface area contributed by atoms with Gasteiger partial charge in [-0.2, -0.15) is 0 Å². The van der Waals surface area contributed by atoms with E-state index in [0.29, 0.717) is 22.6 Å². The van der Waals surface area contributed by atoms with Gasteiger partial charge in [0.15, 0.2) is 0 Å². The number of hydrogen-bond donors (Lipinski definition) is 0. The van der Waals surface area contributed by atoms with Gasteiger partial charge in [0.25, 0.3) is 0 Å². The minimum Gasteiger partial charge on any atom is -0.495 e. The van der Waals surface area contributed by atoms with E-state index in [1.165, 1.54) is 7.11 Å². The van der Waals surface area contributed by atoms with Crippen LogP contribution in [0.5, 0.6) is 11.5 Å². The normalized spacial score (nSPS) is 10.1. The second-order valence-corrected chi connectivity index (χ2v) is 5.09. The van der Waals surface area contributed by atoms with Crippen LogP contribution in [0.2, 0.25) is 0 Å². The Bertz CT molecular complexity index is 513. The smallest absolute Gasteiger partial charge is 0.306 e. The maximum Gasteiger partial charge on any atom is 0.306 e. The molecule has 0 saturated heterocycles. The van der Waals surface area contributed by atoms with E-state index >= 15 is 0 Å². The van der Waals surface area contributed by atoms with E-state index in [4.69, 9.17) is 14.2 Å². The summed E-state index contributed by atoms with van der Waals surface area (Å²) in [6.45, 7) is 2.06. The fourth-order valence-electron chi connectivity index (χ4n) is 1.87. The van der Waals surface area contributed by atoms with Crippen LogP contribution in [0.15, 0.2) is 16.6 Å². The molecule has 0 heterocycles. The van der Waals surface area contributed by atoms with Gasteiger partial charge in [-0.05, 0) is 28.9 Å². The van der Waals surface area contributed by atoms with Crippen molar-refractivity contribution in [3.05, 3.63) is 22.2 Å². The molecule has 0 spiro atoms. The van der Waals surface area contributed by atoms with Gasteiger partial charge >= 0.3 is 5.97 Å². The highest BCUT2D eigenvalue weighted by atomic mass is 79.9. The predicted molar refractivity (Wildman–Crippen MR) is 81.8 cm³/mol. The number of Topliss-reactive ketones (excluding diaryl/α,β-unsaturated/α-hetero) is 1. The molecular formula is C15H19BrO5. The summed E-state index contributed by atoms with van der Waals surface area (Å²) in [7, 11) is 3.09. The van der Waals surface area contributed by atoms with E-state index in [1.807, 2.05) is 0 Å². The zero-order valence-corrected chi connectivity index (χ0v) is 14.0. The van der Waals surface area contributed by atoms with Crippen molar-refractivity contribution in [1.29, 1.82) is 0 Å². The molecule has 116 valence electrons. The lowest BCUT2D eigenvalue weighted by Gasteiger charge is -2.13. The van der Waals surface area contributed by atoms with Gasteiger partial charge in [-0.25, -0.2) is 0 Å². The third-order valence-corrected chi connectivity index (χ3v) is 3.62. The maximum atomic E-state index is 11.9. The Kier molecular flexibility index (Phi) is 7.22. The maximum absolute atomic E-state index is 11.9. The molecule has 0 bridgehead atoms. The van der Waals surface area contributed by atoms with Gasteiger partial charge in [-0.1, -0.05) is 6.07 Å². The van der Waals surface area contributed by atoms with E-state index < -0.39 is 0 Å². The van der Waals surface area contributed by atoms with Crippen LogP contribution in [0.25, 0.3) is 0 Å². The molecule has 0 aliphatic rings. The predicted octanol–water partition coefficient (Wildman–Crippen LogP) is 2.92. The summed E-state index contributed by atoms with van der Waals surface area (Å²) in [4.78, 5) is 23.2. The van der Waals surface area contributed by atoms with Crippen molar-refractivity contribution >= 4 is 27.7 Å². The van der Waals surface area contributed by atoms with Crippen LogP contribution in [0.3, 0.4) is 0 Å². The van der Waals surface area contributed by atoms with Gasteiger partial charge in [0, 0.05) is 18.4 Å². The highest BCUT2D eigenvalue weighted by Crippen LogP contribution is 2.37. The molecule has 6 heteroatoms. The van der Waals surface area contributed by atoms with Crippen molar-refractivity contribution in [1.82, 2.24) is 0 Å². The van der Waals surface area contributed by atoms with Crippen molar-refractivity contribution in [2.75, 3.05) is 20.8 Å². The first-order valence-corrected chi connectivity index (χ1v) is 7.39. The van der Waals surface area contributed by atoms with E-state index in [1.54, 1.807) is 26.2 Å². The third kappa shape index (κ3) is 5.04. The minimum absolute atomic E-state index is 0.0431. The molecule has 1 aromatic carbocycles. The van der Waals surface area contributed by atoms with Crippen molar-refractivity contribution in [2.45, 2.75) is 26.2 Å². The van der Waals surface area contributed by atoms with Crippen LogP contribution in [0, 0.1) is 0 Å². The molecular weight excluding hydrogens is 340 g/mol. The number of esters is 1. The van der Waals surface area contributed by atoms with Crippen molar-refractivity contribution in [3.8, 4) is 11.5 Å². The Hall–Kier alpha value is -1.56. The molecule has 5 nitrogen and oxygen atoms in total. The Morgan fingerprint density at radius 2 is 1.86 bits per heavy atom. The molecule has 1 aromatic rings. The zero-order chi connectivity index (χ0) is 15.8. The van der Waals surface area contributed by atoms with Gasteiger partial charge in [-0.3, -0.25) is 9.59 Å². The Morgan fingerprint density at radius 3 is 2.43 bits per heavy atom. The summed E-state index contributed by atoms with van der Waals surface area (Å²) < 4.78 is 16.0. The minimum atomic E-state index is -0.353. The molecule has 0 atom stereocenters. The van der Waals surface area contributed by atoms with E-state index in [2.05, 4.69) is 15.9 Å². The molecule has 0 aromatic heterocycles. The van der Waals surface area contributed by atoms with E-state index in [9.17, 15) is 9.59 Å². The first-order chi connectivity index (χ1) is 10.0. The molecule has 0 aliphatic carbocycles. The average Bonchev–Trinajstić information content (AvgIpc) is 2.46. The lowest BCUT2D eigenvalue weighted by Crippen LogP contribution is -2.10. The molecule has 0 radical (unpaired) electrons. The highest BCUT2D eigenvalue weighted by Gasteiger charge is 2.16. The topological polar surface area (TPSA) is 61.8 Å². The lowest BCUT2D eigenvalue weighted by atomic mass is 10.0. The number of benzene rings is 1. The summed E-state index contributed by atoms with van der Waals surface area (Å²) in [5.41, 5.74) is 0.749. The lowest BCUT2D eigenvalue weighted by molar-refractivity contribution is -0.144. The summed E-state index contributed by atoms with van der Waals surface area (Å²) in [6.07, 6.45) is 0.461. The number of methoxy groups -OCH3 is 2. The first-order valence-electron chi connectivity index (χ1n) is 6.60. The van der Waals surface area contributed by atoms with Crippen LogP contribution in [0.4, 0.5) is 0 Å². The summed E-state index contributed by atoms with van der Waals surface area (Å²) >= 11 is 3.39. The Morgan fingerprint density at radius 1 is 1.14 bits per heavy atom. The number of ether oxygens (including phenoxy) is 3. The van der Waals surface area contributed by atoms with Crippen molar-refractivity contribution < 1.29 is 23.8 Å². The Labute approximate surface area is 132 Å². The van der Waals surface area contributed by atoms with Gasteiger partial charge in [0.05, 0.1) is 27.2 Å². The first kappa shape index (κ1) is 17.5. The number of halogens is 1. The van der Waals surface area contributed by atoms with Crippen LogP contribution in [0.1, 0.15) is 25.3 Å². The fraction of sp³-hybridized carbons (Fsp3) is 0.467. The Balaban J connectivity index is 2.72. The van der Waals surface area contributed by atoms with Crippen LogP contribution in [-0.2, 0) is 20.7 Å². The zero-order valence-electron chi connectivity index (χ0n) is 12.4. The molecule has 0 saturated carbocycles. The third-order valence-electron chi connectivity index (χ3n) is 2.87. The van der Waals surface area contributed by atoms with Crippen molar-refractivity contribution in [2.24, 2.45) is 0 Å². The number of hydrogen-bond acceptors (Lipinski definition) is 5. The van der Waals surface area contributed by atoms with E-state index in [-0.39, 0.29) is 31.0 Å². The molecule has 1 rings (SSSR count). The number of carbonyl (C=O) groups is 2. The van der Waals surface area contributed by atoms with E-state index in [0.717, 1.165) is 5.56 Å². The fourth-order valence-corrected chi connectivity index (χ4v) is 2.58. The van der Waals surface area contributed by atoms with Gasteiger partial charge < -0.3 is 14.2 Å². The number of carbonyl (C=O) groups excluding carboxylic acids is 2. The molecule has 21 heavy (non-hydrogen) atoms. The number of rotatable bonds is 8. The van der Waals surface area contributed by atoms with Crippen LogP contribution < -0.4 is 9.47 Å². The summed E-state index contributed by atoms with van der Waals surface area (Å²) in [5, 5.41) is 0.